The van der Waals surface area contributed by atoms with Gasteiger partial charge in [0.05, 0.1) is 23.7 Å². The zero-order chi connectivity index (χ0) is 27.3. The molecule has 0 aliphatic carbocycles. The molecule has 3 nitrogen and oxygen atoms in total. The lowest BCUT2D eigenvalue weighted by Crippen LogP contribution is -2.10. The van der Waals surface area contributed by atoms with E-state index in [1.807, 2.05) is 16.8 Å². The third kappa shape index (κ3) is 6.83. The molecule has 198 valence electrons. The van der Waals surface area contributed by atoms with Crippen molar-refractivity contribution in [2.24, 2.45) is 0 Å². The molecule has 0 amide bonds. The molecule has 0 atom stereocenters. The van der Waals surface area contributed by atoms with Gasteiger partial charge in [-0.2, -0.15) is 5.10 Å². The summed E-state index contributed by atoms with van der Waals surface area (Å²) in [6.45, 7) is 16.4. The molecule has 1 heterocycles. The Bertz CT molecular complexity index is 1340. The van der Waals surface area contributed by atoms with Gasteiger partial charge in [-0.3, -0.25) is 0 Å². The maximum absolute atomic E-state index is 5.88. The second-order valence-electron chi connectivity index (χ2n) is 12.1. The van der Waals surface area contributed by atoms with Crippen LogP contribution in [0.2, 0.25) is 0 Å². The zero-order valence-electron chi connectivity index (χ0n) is 24.1. The molecule has 0 saturated heterocycles. The fraction of sp³-hybridized carbons (Fsp3) is 0.343. The minimum absolute atomic E-state index is 0.114. The van der Waals surface area contributed by atoms with Gasteiger partial charge in [0.1, 0.15) is 5.75 Å². The first kappa shape index (κ1) is 27.4. The number of ether oxygens (including phenoxy) is 1. The van der Waals surface area contributed by atoms with Crippen molar-refractivity contribution in [3.63, 3.8) is 0 Å². The van der Waals surface area contributed by atoms with Gasteiger partial charge in [0, 0.05) is 5.56 Å². The number of hydrogen-bond acceptors (Lipinski definition) is 2. The number of benzene rings is 3. The van der Waals surface area contributed by atoms with Gasteiger partial charge in [-0.25, -0.2) is 4.68 Å². The number of nitrogens with zero attached hydrogens (tertiary/aromatic N) is 2. The van der Waals surface area contributed by atoms with E-state index in [4.69, 9.17) is 9.84 Å². The second kappa shape index (κ2) is 11.4. The van der Waals surface area contributed by atoms with Crippen LogP contribution in [0.5, 0.6) is 5.75 Å². The first-order chi connectivity index (χ1) is 18.0. The average molecular weight is 507 g/mol. The highest BCUT2D eigenvalue weighted by molar-refractivity contribution is 5.72. The normalized spacial score (nSPS) is 12.3. The van der Waals surface area contributed by atoms with Gasteiger partial charge in [-0.05, 0) is 70.3 Å². The van der Waals surface area contributed by atoms with Crippen LogP contribution in [0, 0.1) is 0 Å². The molecule has 0 spiro atoms. The van der Waals surface area contributed by atoms with Gasteiger partial charge in [0.25, 0.3) is 0 Å². The van der Waals surface area contributed by atoms with E-state index in [1.54, 1.807) is 0 Å². The first-order valence-electron chi connectivity index (χ1n) is 13.8. The highest BCUT2D eigenvalue weighted by atomic mass is 16.5. The van der Waals surface area contributed by atoms with E-state index in [1.165, 1.54) is 11.1 Å². The Morgan fingerprint density at radius 3 is 1.87 bits per heavy atom. The van der Waals surface area contributed by atoms with Crippen LogP contribution < -0.4 is 4.74 Å². The van der Waals surface area contributed by atoms with E-state index in [0.717, 1.165) is 53.4 Å². The molecule has 1 aromatic heterocycles. The van der Waals surface area contributed by atoms with E-state index >= 15 is 0 Å². The summed E-state index contributed by atoms with van der Waals surface area (Å²) >= 11 is 0. The van der Waals surface area contributed by atoms with Crippen molar-refractivity contribution in [1.82, 2.24) is 9.78 Å². The van der Waals surface area contributed by atoms with Gasteiger partial charge >= 0.3 is 0 Å². The van der Waals surface area contributed by atoms with Crippen LogP contribution in [-0.2, 0) is 10.8 Å². The fourth-order valence-electron chi connectivity index (χ4n) is 4.32. The van der Waals surface area contributed by atoms with Crippen LogP contribution in [0.3, 0.4) is 0 Å². The van der Waals surface area contributed by atoms with Crippen LogP contribution in [0.25, 0.3) is 29.1 Å². The van der Waals surface area contributed by atoms with Crippen molar-refractivity contribution < 1.29 is 4.74 Å². The molecule has 0 aliphatic rings. The van der Waals surface area contributed by atoms with Crippen molar-refractivity contribution in [1.29, 1.82) is 0 Å². The van der Waals surface area contributed by atoms with Crippen molar-refractivity contribution in [3.8, 4) is 22.7 Å². The van der Waals surface area contributed by atoms with Gasteiger partial charge in [0.2, 0.25) is 0 Å². The summed E-state index contributed by atoms with van der Waals surface area (Å²) in [6.07, 6.45) is 6.41. The van der Waals surface area contributed by atoms with E-state index in [2.05, 4.69) is 127 Å². The van der Waals surface area contributed by atoms with E-state index in [9.17, 15) is 0 Å². The summed E-state index contributed by atoms with van der Waals surface area (Å²) in [5.74, 6) is 0.893. The summed E-state index contributed by atoms with van der Waals surface area (Å²) in [5, 5.41) is 4.99. The van der Waals surface area contributed by atoms with Gasteiger partial charge in [-0.15, -0.1) is 0 Å². The lowest BCUT2D eigenvalue weighted by atomic mass is 9.86. The quantitative estimate of drug-likeness (QED) is 0.222. The van der Waals surface area contributed by atoms with Gasteiger partial charge in [-0.1, -0.05) is 109 Å². The molecule has 0 aliphatic heterocycles. The van der Waals surface area contributed by atoms with Crippen molar-refractivity contribution in [2.45, 2.75) is 72.1 Å². The molecule has 0 bridgehead atoms. The zero-order valence-corrected chi connectivity index (χ0v) is 24.1. The summed E-state index contributed by atoms with van der Waals surface area (Å²) in [5.41, 5.74) is 8.22. The van der Waals surface area contributed by atoms with Crippen LogP contribution in [-0.4, -0.2) is 16.4 Å². The summed E-state index contributed by atoms with van der Waals surface area (Å²) < 4.78 is 7.91. The van der Waals surface area contributed by atoms with Crippen molar-refractivity contribution in [3.05, 3.63) is 101 Å². The Hall–Kier alpha value is -3.59. The highest BCUT2D eigenvalue weighted by Crippen LogP contribution is 2.29. The maximum atomic E-state index is 5.88. The molecule has 4 rings (SSSR count). The summed E-state index contributed by atoms with van der Waals surface area (Å²) in [6, 6.07) is 28.0. The predicted molar refractivity (Wildman–Crippen MR) is 162 cm³/mol. The highest BCUT2D eigenvalue weighted by Gasteiger charge is 2.16. The minimum atomic E-state index is 0.114. The SMILES string of the molecule is CCCCOc1ccc(-n2nc(C=Cc3ccc(C(C)(C)C)cc3)cc2-c2ccc(C(C)(C)C)cc2)cc1. The monoisotopic (exact) mass is 506 g/mol. The molecule has 3 heteroatoms. The Balaban J connectivity index is 1.67. The summed E-state index contributed by atoms with van der Waals surface area (Å²) in [7, 11) is 0. The molecule has 0 N–H and O–H groups in total. The fourth-order valence-corrected chi connectivity index (χ4v) is 4.32. The molecule has 0 radical (unpaired) electrons. The number of hydrogen-bond donors (Lipinski definition) is 0. The Kier molecular flexibility index (Phi) is 8.26. The minimum Gasteiger partial charge on any atom is -0.494 e. The smallest absolute Gasteiger partial charge is 0.119 e. The average Bonchev–Trinajstić information content (AvgIpc) is 3.32. The third-order valence-electron chi connectivity index (χ3n) is 6.85. The van der Waals surface area contributed by atoms with Crippen molar-refractivity contribution in [2.75, 3.05) is 6.61 Å². The molecule has 0 unspecified atom stereocenters. The standard InChI is InChI=1S/C35H42N2O/c1-8-9-24-38-32-22-20-31(21-23-32)37-33(27-13-17-29(18-14-27)35(5,6)7)25-30(36-37)19-12-26-10-15-28(16-11-26)34(2,3)4/h10-23,25H,8-9,24H2,1-7H3. The number of aromatic nitrogens is 2. The van der Waals surface area contributed by atoms with Crippen molar-refractivity contribution >= 4 is 12.2 Å². The molecular weight excluding hydrogens is 464 g/mol. The van der Waals surface area contributed by atoms with E-state index in [0.29, 0.717) is 0 Å². The third-order valence-corrected chi connectivity index (χ3v) is 6.85. The van der Waals surface area contributed by atoms with Gasteiger partial charge < -0.3 is 4.74 Å². The first-order valence-corrected chi connectivity index (χ1v) is 13.8. The van der Waals surface area contributed by atoms with Crippen LogP contribution in [0.1, 0.15) is 83.7 Å². The lowest BCUT2D eigenvalue weighted by molar-refractivity contribution is 0.309. The van der Waals surface area contributed by atoms with Crippen LogP contribution in [0.4, 0.5) is 0 Å². The second-order valence-corrected chi connectivity index (χ2v) is 12.1. The number of rotatable bonds is 8. The predicted octanol–water partition coefficient (Wildman–Crippen LogP) is 9.48. The van der Waals surface area contributed by atoms with E-state index < -0.39 is 0 Å². The Morgan fingerprint density at radius 1 is 0.737 bits per heavy atom. The van der Waals surface area contributed by atoms with Crippen LogP contribution >= 0.6 is 0 Å². The largest absolute Gasteiger partial charge is 0.494 e. The molecule has 38 heavy (non-hydrogen) atoms. The molecule has 3 aromatic carbocycles. The Morgan fingerprint density at radius 2 is 1.32 bits per heavy atom. The Labute approximate surface area is 229 Å². The summed E-state index contributed by atoms with van der Waals surface area (Å²) in [4.78, 5) is 0. The molecule has 0 saturated carbocycles. The van der Waals surface area contributed by atoms with Crippen LogP contribution in [0.15, 0.2) is 78.9 Å². The van der Waals surface area contributed by atoms with E-state index in [-0.39, 0.29) is 10.8 Å². The molecule has 0 fully saturated rings. The number of unbranched alkanes of at least 4 members (excludes halogenated alkanes) is 1. The maximum Gasteiger partial charge on any atom is 0.119 e. The lowest BCUT2D eigenvalue weighted by Gasteiger charge is -2.19. The van der Waals surface area contributed by atoms with Gasteiger partial charge in [0.15, 0.2) is 0 Å². The molecular formula is C35H42N2O. The molecule has 4 aromatic rings. The topological polar surface area (TPSA) is 27.1 Å².